The maximum atomic E-state index is 12.1. The van der Waals surface area contributed by atoms with Gasteiger partial charge in [-0.25, -0.2) is 0 Å². The highest BCUT2D eigenvalue weighted by molar-refractivity contribution is 5.93. The lowest BCUT2D eigenvalue weighted by Gasteiger charge is -2.60. The molecule has 0 aromatic rings. The Kier molecular flexibility index (Phi) is 3.24. The van der Waals surface area contributed by atoms with Crippen molar-refractivity contribution in [3.63, 3.8) is 0 Å². The van der Waals surface area contributed by atoms with Crippen LogP contribution in [0.25, 0.3) is 0 Å². The van der Waals surface area contributed by atoms with Crippen molar-refractivity contribution < 1.29 is 14.7 Å². The first kappa shape index (κ1) is 13.5. The molecule has 0 atom stereocenters. The lowest BCUT2D eigenvalue weighted by molar-refractivity contribution is -0.147. The van der Waals surface area contributed by atoms with Crippen molar-refractivity contribution in [1.82, 2.24) is 4.90 Å². The Morgan fingerprint density at radius 1 is 1.15 bits per heavy atom. The van der Waals surface area contributed by atoms with Crippen molar-refractivity contribution in [2.45, 2.75) is 50.5 Å². The lowest BCUT2D eigenvalue weighted by Crippen LogP contribution is -2.61. The van der Waals surface area contributed by atoms with Gasteiger partial charge in [0.05, 0.1) is 6.42 Å². The summed E-state index contributed by atoms with van der Waals surface area (Å²) in [7, 11) is 0. The molecule has 4 bridgehead atoms. The number of carboxylic acid groups (broad SMARTS) is 1. The average Bonchev–Trinajstić information content (AvgIpc) is 2.36. The summed E-state index contributed by atoms with van der Waals surface area (Å²) in [6, 6.07) is 0. The van der Waals surface area contributed by atoms with E-state index in [-0.39, 0.29) is 24.4 Å². The van der Waals surface area contributed by atoms with Gasteiger partial charge in [-0.2, -0.15) is 0 Å². The van der Waals surface area contributed by atoms with Crippen LogP contribution in [-0.4, -0.2) is 34.0 Å². The van der Waals surface area contributed by atoms with Crippen LogP contribution in [-0.2, 0) is 9.59 Å². The van der Waals surface area contributed by atoms with Crippen LogP contribution in [0.15, 0.2) is 0 Å². The summed E-state index contributed by atoms with van der Waals surface area (Å²) in [6.07, 6.45) is 12.2. The van der Waals surface area contributed by atoms with Crippen molar-refractivity contribution in [2.75, 3.05) is 6.54 Å². The van der Waals surface area contributed by atoms with E-state index in [2.05, 4.69) is 5.92 Å². The van der Waals surface area contributed by atoms with Crippen LogP contribution in [0.2, 0.25) is 0 Å². The van der Waals surface area contributed by atoms with Gasteiger partial charge in [0.15, 0.2) is 0 Å². The number of aliphatic carboxylic acids is 1. The third kappa shape index (κ3) is 2.19. The normalized spacial score (nSPS) is 37.5. The second-order valence-corrected chi connectivity index (χ2v) is 6.89. The topological polar surface area (TPSA) is 57.6 Å². The minimum absolute atomic E-state index is 0.0187. The monoisotopic (exact) mass is 275 g/mol. The van der Waals surface area contributed by atoms with E-state index in [4.69, 9.17) is 11.5 Å². The number of hydrogen-bond acceptors (Lipinski definition) is 2. The fraction of sp³-hybridized carbons (Fsp3) is 0.750. The molecule has 0 aromatic heterocycles. The van der Waals surface area contributed by atoms with E-state index in [1.807, 2.05) is 0 Å². The molecule has 4 heteroatoms. The maximum absolute atomic E-state index is 12.1. The quantitative estimate of drug-likeness (QED) is 0.797. The molecule has 1 N–H and O–H groups in total. The van der Waals surface area contributed by atoms with Gasteiger partial charge < -0.3 is 10.0 Å². The SMILES string of the molecule is C#CC(=O)N(CCC(=O)O)C12CC3CC(CC(C3)C1)C2. The van der Waals surface area contributed by atoms with Gasteiger partial charge >= 0.3 is 5.97 Å². The molecule has 0 aliphatic heterocycles. The van der Waals surface area contributed by atoms with Crippen molar-refractivity contribution in [2.24, 2.45) is 17.8 Å². The Morgan fingerprint density at radius 2 is 1.65 bits per heavy atom. The van der Waals surface area contributed by atoms with E-state index in [1.165, 1.54) is 19.3 Å². The van der Waals surface area contributed by atoms with Gasteiger partial charge in [-0.1, -0.05) is 0 Å². The van der Waals surface area contributed by atoms with Gasteiger partial charge in [-0.05, 0) is 62.2 Å². The van der Waals surface area contributed by atoms with Gasteiger partial charge in [0, 0.05) is 12.1 Å². The highest BCUT2D eigenvalue weighted by Gasteiger charge is 2.54. The number of carbonyl (C=O) groups is 2. The molecule has 0 heterocycles. The number of amides is 1. The number of nitrogens with zero attached hydrogens (tertiary/aromatic N) is 1. The molecular formula is C16H21NO3. The van der Waals surface area contributed by atoms with Crippen molar-refractivity contribution in [3.8, 4) is 12.3 Å². The molecule has 4 saturated carbocycles. The summed E-state index contributed by atoms with van der Waals surface area (Å²) in [5.74, 6) is 3.13. The third-order valence-corrected chi connectivity index (χ3v) is 5.50. The van der Waals surface area contributed by atoms with E-state index >= 15 is 0 Å². The Hall–Kier alpha value is -1.50. The summed E-state index contributed by atoms with van der Waals surface area (Å²) in [5.41, 5.74) is -0.145. The van der Waals surface area contributed by atoms with Gasteiger partial charge in [-0.3, -0.25) is 9.59 Å². The van der Waals surface area contributed by atoms with Crippen LogP contribution in [0.3, 0.4) is 0 Å². The minimum atomic E-state index is -0.871. The first-order chi connectivity index (χ1) is 9.52. The van der Waals surface area contributed by atoms with E-state index in [0.29, 0.717) is 17.8 Å². The molecule has 1 amide bonds. The van der Waals surface area contributed by atoms with E-state index in [0.717, 1.165) is 19.3 Å². The van der Waals surface area contributed by atoms with E-state index in [1.54, 1.807) is 4.90 Å². The number of carboxylic acids is 1. The Balaban J connectivity index is 1.84. The smallest absolute Gasteiger partial charge is 0.305 e. The molecule has 20 heavy (non-hydrogen) atoms. The fourth-order valence-corrected chi connectivity index (χ4v) is 5.24. The van der Waals surface area contributed by atoms with Crippen molar-refractivity contribution in [1.29, 1.82) is 0 Å². The van der Waals surface area contributed by atoms with Gasteiger partial charge in [-0.15, -0.1) is 6.42 Å². The summed E-state index contributed by atoms with van der Waals surface area (Å²) in [6.45, 7) is 0.254. The molecule has 0 radical (unpaired) electrons. The molecule has 4 aliphatic rings. The largest absolute Gasteiger partial charge is 0.481 e. The zero-order valence-electron chi connectivity index (χ0n) is 11.7. The molecule has 4 nitrogen and oxygen atoms in total. The molecule has 4 aliphatic carbocycles. The molecule has 0 unspecified atom stereocenters. The molecule has 0 aromatic carbocycles. The first-order valence-electron chi connectivity index (χ1n) is 7.52. The minimum Gasteiger partial charge on any atom is -0.481 e. The van der Waals surface area contributed by atoms with Crippen molar-refractivity contribution in [3.05, 3.63) is 0 Å². The summed E-state index contributed by atoms with van der Waals surface area (Å²) in [4.78, 5) is 24.7. The Morgan fingerprint density at radius 3 is 2.05 bits per heavy atom. The fourth-order valence-electron chi connectivity index (χ4n) is 5.24. The highest BCUT2D eigenvalue weighted by Crippen LogP contribution is 2.57. The van der Waals surface area contributed by atoms with Crippen LogP contribution in [0.1, 0.15) is 44.9 Å². The van der Waals surface area contributed by atoms with Gasteiger partial charge in [0.2, 0.25) is 0 Å². The molecule has 108 valence electrons. The van der Waals surface area contributed by atoms with Crippen LogP contribution >= 0.6 is 0 Å². The van der Waals surface area contributed by atoms with Crippen molar-refractivity contribution >= 4 is 11.9 Å². The zero-order valence-corrected chi connectivity index (χ0v) is 11.7. The highest BCUT2D eigenvalue weighted by atomic mass is 16.4. The van der Waals surface area contributed by atoms with E-state index in [9.17, 15) is 9.59 Å². The van der Waals surface area contributed by atoms with Crippen LogP contribution in [0.4, 0.5) is 0 Å². The lowest BCUT2D eigenvalue weighted by atomic mass is 9.52. The second-order valence-electron chi connectivity index (χ2n) is 6.89. The number of terminal acetylenes is 1. The predicted octanol–water partition coefficient (Wildman–Crippen LogP) is 1.89. The predicted molar refractivity (Wildman–Crippen MR) is 73.7 cm³/mol. The molecule has 4 rings (SSSR count). The maximum Gasteiger partial charge on any atom is 0.305 e. The summed E-state index contributed by atoms with van der Waals surface area (Å²) in [5, 5.41) is 8.91. The molecule has 0 saturated heterocycles. The van der Waals surface area contributed by atoms with Gasteiger partial charge in [0.1, 0.15) is 0 Å². The van der Waals surface area contributed by atoms with Gasteiger partial charge in [0.25, 0.3) is 5.91 Å². The van der Waals surface area contributed by atoms with Crippen LogP contribution in [0, 0.1) is 30.1 Å². The summed E-state index contributed by atoms with van der Waals surface area (Å²) >= 11 is 0. The Bertz CT molecular complexity index is 441. The van der Waals surface area contributed by atoms with E-state index < -0.39 is 5.97 Å². The summed E-state index contributed by atoms with van der Waals surface area (Å²) < 4.78 is 0. The second kappa shape index (κ2) is 4.80. The number of rotatable bonds is 4. The number of hydrogen-bond donors (Lipinski definition) is 1. The van der Waals surface area contributed by atoms with Crippen LogP contribution in [0.5, 0.6) is 0 Å². The zero-order chi connectivity index (χ0) is 14.3. The first-order valence-corrected chi connectivity index (χ1v) is 7.52. The number of carbonyl (C=O) groups excluding carboxylic acids is 1. The van der Waals surface area contributed by atoms with Crippen LogP contribution < -0.4 is 0 Å². The average molecular weight is 275 g/mol. The molecular weight excluding hydrogens is 254 g/mol. The molecule has 0 spiro atoms. The third-order valence-electron chi connectivity index (χ3n) is 5.50. The Labute approximate surface area is 119 Å². The standard InChI is InChI=1S/C16H21NO3/c1-2-14(18)17(4-3-15(19)20)16-8-11-5-12(9-16)7-13(6-11)10-16/h1,11-13H,3-10H2,(H,19,20). The molecule has 4 fully saturated rings.